The van der Waals surface area contributed by atoms with Crippen LogP contribution in [0, 0.1) is 13.8 Å². The van der Waals surface area contributed by atoms with Crippen LogP contribution in [0.2, 0.25) is 5.02 Å². The molecule has 44 heavy (non-hydrogen) atoms. The largest absolute Gasteiger partial charge is 0.493 e. The number of amides is 2. The smallest absolute Gasteiger partial charge is 0.264 e. The van der Waals surface area contributed by atoms with Gasteiger partial charge in [0, 0.05) is 11.6 Å². The highest BCUT2D eigenvalue weighted by Gasteiger charge is 2.29. The van der Waals surface area contributed by atoms with Gasteiger partial charge in [-0.1, -0.05) is 53.6 Å². The Hall–Kier alpha value is -4.54. The van der Waals surface area contributed by atoms with Crippen molar-refractivity contribution in [1.29, 1.82) is 0 Å². The maximum atomic E-state index is 13.8. The number of hydrogen-bond acceptors (Lipinski definition) is 6. The molecule has 4 rings (SSSR count). The number of carbonyl (C=O) groups is 2. The minimum Gasteiger partial charge on any atom is -0.493 e. The molecule has 0 aliphatic carbocycles. The number of halogens is 1. The van der Waals surface area contributed by atoms with Gasteiger partial charge < -0.3 is 20.1 Å². The molecule has 0 atom stereocenters. The molecule has 0 aromatic heterocycles. The van der Waals surface area contributed by atoms with Crippen LogP contribution >= 0.6 is 11.6 Å². The Labute approximate surface area is 262 Å². The summed E-state index contributed by atoms with van der Waals surface area (Å²) < 4.78 is 39.3. The average molecular weight is 636 g/mol. The average Bonchev–Trinajstić information content (AvgIpc) is 3.01. The summed E-state index contributed by atoms with van der Waals surface area (Å²) in [6.07, 6.45) is 0.533. The number of benzene rings is 4. The fourth-order valence-electron chi connectivity index (χ4n) is 4.55. The number of ether oxygens (including phenoxy) is 2. The summed E-state index contributed by atoms with van der Waals surface area (Å²) in [5.74, 6) is 0.179. The van der Waals surface area contributed by atoms with Crippen LogP contribution in [0.15, 0.2) is 89.8 Å². The number of hydrogen-bond donors (Lipinski definition) is 2. The number of nitrogens with one attached hydrogen (secondary N) is 2. The molecule has 0 aliphatic heterocycles. The first-order chi connectivity index (χ1) is 21.0. The highest BCUT2D eigenvalue weighted by atomic mass is 35.5. The number of carbonyl (C=O) groups excluding carboxylic acids is 2. The molecule has 0 radical (unpaired) electrons. The molecule has 0 fully saturated rings. The minimum absolute atomic E-state index is 0.0320. The van der Waals surface area contributed by atoms with Crippen LogP contribution in [0.4, 0.5) is 11.4 Å². The maximum Gasteiger partial charge on any atom is 0.264 e. The number of anilines is 2. The second-order valence-electron chi connectivity index (χ2n) is 10.0. The zero-order valence-corrected chi connectivity index (χ0v) is 26.5. The lowest BCUT2D eigenvalue weighted by Gasteiger charge is -2.26. The Morgan fingerprint density at radius 1 is 0.864 bits per heavy atom. The van der Waals surface area contributed by atoms with Crippen molar-refractivity contribution in [3.63, 3.8) is 0 Å². The molecule has 0 saturated heterocycles. The van der Waals surface area contributed by atoms with E-state index in [0.29, 0.717) is 35.1 Å². The van der Waals surface area contributed by atoms with Gasteiger partial charge in [0.15, 0.2) is 11.5 Å². The second-order valence-corrected chi connectivity index (χ2v) is 12.3. The topological polar surface area (TPSA) is 114 Å². The number of aryl methyl sites for hydroxylation is 2. The summed E-state index contributed by atoms with van der Waals surface area (Å²) in [5, 5.41) is 5.92. The minimum atomic E-state index is -4.15. The highest BCUT2D eigenvalue weighted by Crippen LogP contribution is 2.30. The third kappa shape index (κ3) is 7.69. The quantitative estimate of drug-likeness (QED) is 0.204. The summed E-state index contributed by atoms with van der Waals surface area (Å²) >= 11 is 6.23. The summed E-state index contributed by atoms with van der Waals surface area (Å²) in [5.41, 5.74) is 3.21. The summed E-state index contributed by atoms with van der Waals surface area (Å²) in [7, 11) is -1.03. The van der Waals surface area contributed by atoms with Gasteiger partial charge in [-0.2, -0.15) is 0 Å². The van der Waals surface area contributed by atoms with E-state index in [1.165, 1.54) is 18.2 Å². The summed E-state index contributed by atoms with van der Waals surface area (Å²) in [6, 6.07) is 23.3. The summed E-state index contributed by atoms with van der Waals surface area (Å²) in [4.78, 5) is 26.6. The predicted molar refractivity (Wildman–Crippen MR) is 173 cm³/mol. The maximum absolute atomic E-state index is 13.8. The van der Waals surface area contributed by atoms with Crippen molar-refractivity contribution in [2.45, 2.75) is 25.2 Å². The third-order valence-corrected chi connectivity index (χ3v) is 8.94. The van der Waals surface area contributed by atoms with Gasteiger partial charge in [0.25, 0.3) is 15.9 Å². The number of rotatable bonds is 12. The van der Waals surface area contributed by atoms with Gasteiger partial charge in [-0.15, -0.1) is 0 Å². The van der Waals surface area contributed by atoms with E-state index < -0.39 is 28.4 Å². The number of nitrogens with zero attached hydrogens (tertiary/aromatic N) is 1. The Kier molecular flexibility index (Phi) is 10.5. The Morgan fingerprint density at radius 3 is 2.27 bits per heavy atom. The third-order valence-electron chi connectivity index (χ3n) is 6.93. The first-order valence-electron chi connectivity index (χ1n) is 13.8. The normalized spacial score (nSPS) is 11.0. The van der Waals surface area contributed by atoms with Crippen LogP contribution in [-0.4, -0.2) is 47.5 Å². The van der Waals surface area contributed by atoms with Gasteiger partial charge in [0.05, 0.1) is 36.1 Å². The Balaban J connectivity index is 1.52. The van der Waals surface area contributed by atoms with E-state index in [2.05, 4.69) is 10.6 Å². The van der Waals surface area contributed by atoms with Gasteiger partial charge in [-0.25, -0.2) is 8.42 Å². The van der Waals surface area contributed by atoms with Gasteiger partial charge in [-0.05, 0) is 79.9 Å². The van der Waals surface area contributed by atoms with Crippen LogP contribution in [-0.2, 0) is 21.2 Å². The zero-order chi connectivity index (χ0) is 31.9. The van der Waals surface area contributed by atoms with Crippen molar-refractivity contribution in [3.8, 4) is 11.5 Å². The van der Waals surface area contributed by atoms with Crippen LogP contribution in [0.25, 0.3) is 0 Å². The van der Waals surface area contributed by atoms with E-state index in [1.807, 2.05) is 19.1 Å². The van der Waals surface area contributed by atoms with Gasteiger partial charge >= 0.3 is 0 Å². The Bertz CT molecular complexity index is 1760. The van der Waals surface area contributed by atoms with E-state index in [1.54, 1.807) is 75.7 Å². The van der Waals surface area contributed by atoms with Crippen molar-refractivity contribution >= 4 is 44.8 Å². The first-order valence-corrected chi connectivity index (χ1v) is 15.6. The number of sulfonamides is 1. The van der Waals surface area contributed by atoms with E-state index >= 15 is 0 Å². The highest BCUT2D eigenvalue weighted by molar-refractivity contribution is 7.92. The molecule has 0 bridgehead atoms. The van der Waals surface area contributed by atoms with Crippen LogP contribution in [0.5, 0.6) is 11.5 Å². The summed E-state index contributed by atoms with van der Waals surface area (Å²) in [6.45, 7) is 3.37. The van der Waals surface area contributed by atoms with Crippen molar-refractivity contribution in [3.05, 3.63) is 112 Å². The molecule has 0 saturated carbocycles. The Morgan fingerprint density at radius 2 is 1.57 bits per heavy atom. The molecule has 4 aromatic carbocycles. The molecule has 11 heteroatoms. The second kappa shape index (κ2) is 14.3. The van der Waals surface area contributed by atoms with Crippen molar-refractivity contribution in [2.75, 3.05) is 36.9 Å². The van der Waals surface area contributed by atoms with E-state index in [9.17, 15) is 18.0 Å². The molecule has 2 amide bonds. The van der Waals surface area contributed by atoms with Crippen molar-refractivity contribution < 1.29 is 27.5 Å². The molecule has 0 heterocycles. The number of methoxy groups -OCH3 is 2. The molecule has 4 aromatic rings. The van der Waals surface area contributed by atoms with Crippen molar-refractivity contribution in [1.82, 2.24) is 5.32 Å². The lowest BCUT2D eigenvalue weighted by atomic mass is 10.1. The first kappa shape index (κ1) is 32.4. The molecule has 230 valence electrons. The van der Waals surface area contributed by atoms with E-state index in [4.69, 9.17) is 21.1 Å². The van der Waals surface area contributed by atoms with E-state index in [-0.39, 0.29) is 21.8 Å². The number of para-hydroxylation sites is 1. The zero-order valence-electron chi connectivity index (χ0n) is 24.9. The fraction of sp³-hybridized carbons (Fsp3) is 0.212. The molecule has 0 unspecified atom stereocenters. The van der Waals surface area contributed by atoms with Gasteiger partial charge in [-0.3, -0.25) is 13.9 Å². The predicted octanol–water partition coefficient (Wildman–Crippen LogP) is 5.78. The fourth-order valence-corrected chi connectivity index (χ4v) is 6.19. The standard InChI is InChI=1S/C33H34ClN3O6S/c1-22-9-14-26(15-10-22)44(40,41)37(29-20-25(34)13-11-23(29)2)21-32(38)36-28-8-6-5-7-27(28)33(39)35-18-17-24-12-16-30(42-3)31(19-24)43-4/h5-16,19-20H,17-18,21H2,1-4H3,(H,35,39)(H,36,38). The van der Waals surface area contributed by atoms with Crippen molar-refractivity contribution in [2.24, 2.45) is 0 Å². The van der Waals surface area contributed by atoms with Crippen LogP contribution in [0.3, 0.4) is 0 Å². The molecule has 2 N–H and O–H groups in total. The lowest BCUT2D eigenvalue weighted by molar-refractivity contribution is -0.114. The van der Waals surface area contributed by atoms with Gasteiger partial charge in [0.1, 0.15) is 6.54 Å². The van der Waals surface area contributed by atoms with Crippen LogP contribution in [0.1, 0.15) is 27.0 Å². The lowest BCUT2D eigenvalue weighted by Crippen LogP contribution is -2.39. The van der Waals surface area contributed by atoms with Gasteiger partial charge in [0.2, 0.25) is 5.91 Å². The van der Waals surface area contributed by atoms with Crippen LogP contribution < -0.4 is 24.4 Å². The molecular formula is C33H34ClN3O6S. The molecule has 0 aliphatic rings. The molecule has 9 nitrogen and oxygen atoms in total. The SMILES string of the molecule is COc1ccc(CCNC(=O)c2ccccc2NC(=O)CN(c2cc(Cl)ccc2C)S(=O)(=O)c2ccc(C)cc2)cc1OC. The molecular weight excluding hydrogens is 602 g/mol. The monoisotopic (exact) mass is 635 g/mol. The molecule has 0 spiro atoms. The van der Waals surface area contributed by atoms with E-state index in [0.717, 1.165) is 15.4 Å².